The molecule has 0 aliphatic carbocycles. The van der Waals surface area contributed by atoms with Crippen molar-refractivity contribution in [2.45, 2.75) is 19.3 Å². The predicted molar refractivity (Wildman–Crippen MR) is 58.1 cm³/mol. The highest BCUT2D eigenvalue weighted by Crippen LogP contribution is 2.09. The summed E-state index contributed by atoms with van der Waals surface area (Å²) in [6.45, 7) is 0. The topological polar surface area (TPSA) is 30.0 Å². The number of pyridine rings is 1. The van der Waals surface area contributed by atoms with Crippen LogP contribution in [-0.4, -0.2) is 16.6 Å². The molecule has 1 heterocycles. The largest absolute Gasteiger partial charge is 0.294 e. The summed E-state index contributed by atoms with van der Waals surface area (Å²) in [6, 6.07) is 3.31. The molecule has 0 N–H and O–H groups in total. The molecule has 0 amide bonds. The lowest BCUT2D eigenvalue weighted by Gasteiger charge is -1.99. The van der Waals surface area contributed by atoms with Gasteiger partial charge in [-0.1, -0.05) is 11.6 Å². The molecule has 1 aromatic rings. The predicted octanol–water partition coefficient (Wildman–Crippen LogP) is 3.33. The van der Waals surface area contributed by atoms with Gasteiger partial charge < -0.3 is 0 Å². The highest BCUT2D eigenvalue weighted by atomic mass is 35.5. The SMILES string of the molecule is O=C(CCCCCl)c1ccc(Cl)nc1. The number of nitrogens with zero attached hydrogens (tertiary/aromatic N) is 1. The summed E-state index contributed by atoms with van der Waals surface area (Å²) in [5, 5.41) is 0.405. The molecule has 0 saturated heterocycles. The third-order valence-corrected chi connectivity index (χ3v) is 2.33. The molecule has 14 heavy (non-hydrogen) atoms. The first-order valence-electron chi connectivity index (χ1n) is 4.45. The molecular formula is C10H11Cl2NO. The van der Waals surface area contributed by atoms with Crippen molar-refractivity contribution in [1.82, 2.24) is 4.98 Å². The number of hydrogen-bond donors (Lipinski definition) is 0. The molecule has 0 saturated carbocycles. The molecule has 4 heteroatoms. The zero-order valence-corrected chi connectivity index (χ0v) is 9.18. The van der Waals surface area contributed by atoms with E-state index in [0.29, 0.717) is 23.0 Å². The molecule has 0 atom stereocenters. The lowest BCUT2D eigenvalue weighted by molar-refractivity contribution is 0.0979. The molecule has 0 bridgehead atoms. The van der Waals surface area contributed by atoms with Crippen molar-refractivity contribution in [3.8, 4) is 0 Å². The highest BCUT2D eigenvalue weighted by molar-refractivity contribution is 6.29. The van der Waals surface area contributed by atoms with Gasteiger partial charge in [0, 0.05) is 24.1 Å². The van der Waals surface area contributed by atoms with Crippen LogP contribution in [0, 0.1) is 0 Å². The number of hydrogen-bond acceptors (Lipinski definition) is 2. The summed E-state index contributed by atoms with van der Waals surface area (Å²) in [5.74, 6) is 0.700. The minimum atomic E-state index is 0.0966. The van der Waals surface area contributed by atoms with Gasteiger partial charge in [0.2, 0.25) is 0 Å². The first-order chi connectivity index (χ1) is 6.74. The van der Waals surface area contributed by atoms with E-state index >= 15 is 0 Å². The summed E-state index contributed by atoms with van der Waals surface area (Å²) in [6.07, 6.45) is 3.72. The van der Waals surface area contributed by atoms with E-state index in [9.17, 15) is 4.79 Å². The first kappa shape index (κ1) is 11.5. The second-order valence-corrected chi connectivity index (χ2v) is 3.70. The second kappa shape index (κ2) is 5.99. The van der Waals surface area contributed by atoms with Crippen molar-refractivity contribution >= 4 is 29.0 Å². The van der Waals surface area contributed by atoms with Gasteiger partial charge in [-0.25, -0.2) is 4.98 Å². The van der Waals surface area contributed by atoms with Crippen molar-refractivity contribution in [1.29, 1.82) is 0 Å². The van der Waals surface area contributed by atoms with Gasteiger partial charge in [0.05, 0.1) is 0 Å². The Morgan fingerprint density at radius 1 is 1.36 bits per heavy atom. The van der Waals surface area contributed by atoms with Crippen molar-refractivity contribution < 1.29 is 4.79 Å². The monoisotopic (exact) mass is 231 g/mol. The Morgan fingerprint density at radius 3 is 2.71 bits per heavy atom. The molecule has 0 aliphatic rings. The first-order valence-corrected chi connectivity index (χ1v) is 5.36. The average Bonchev–Trinajstić information content (AvgIpc) is 2.19. The zero-order chi connectivity index (χ0) is 10.4. The molecule has 0 unspecified atom stereocenters. The summed E-state index contributed by atoms with van der Waals surface area (Å²) in [7, 11) is 0. The Kier molecular flexibility index (Phi) is 4.91. The third-order valence-electron chi connectivity index (χ3n) is 1.84. The van der Waals surface area contributed by atoms with E-state index in [0.717, 1.165) is 12.8 Å². The number of carbonyl (C=O) groups excluding carboxylic acids is 1. The van der Waals surface area contributed by atoms with Gasteiger partial charge in [-0.15, -0.1) is 11.6 Å². The molecule has 0 aliphatic heterocycles. The van der Waals surface area contributed by atoms with Gasteiger partial charge in [-0.2, -0.15) is 0 Å². The minimum Gasteiger partial charge on any atom is -0.294 e. The van der Waals surface area contributed by atoms with E-state index in [4.69, 9.17) is 23.2 Å². The van der Waals surface area contributed by atoms with Gasteiger partial charge >= 0.3 is 0 Å². The van der Waals surface area contributed by atoms with Crippen molar-refractivity contribution in [2.75, 3.05) is 5.88 Å². The number of ketones is 1. The molecule has 2 nitrogen and oxygen atoms in total. The summed E-state index contributed by atoms with van der Waals surface area (Å²) in [5.41, 5.74) is 0.615. The van der Waals surface area contributed by atoms with E-state index in [-0.39, 0.29) is 5.78 Å². The van der Waals surface area contributed by atoms with Gasteiger partial charge in [-0.05, 0) is 25.0 Å². The number of alkyl halides is 1. The third kappa shape index (κ3) is 3.64. The second-order valence-electron chi connectivity index (χ2n) is 2.94. The van der Waals surface area contributed by atoms with Crippen LogP contribution in [0.25, 0.3) is 0 Å². The smallest absolute Gasteiger partial charge is 0.164 e. The number of rotatable bonds is 5. The quantitative estimate of drug-likeness (QED) is 0.337. The Hall–Kier alpha value is -0.600. The maximum absolute atomic E-state index is 11.5. The molecule has 1 aromatic heterocycles. The number of aromatic nitrogens is 1. The molecule has 0 aromatic carbocycles. The summed E-state index contributed by atoms with van der Waals surface area (Å²) < 4.78 is 0. The average molecular weight is 232 g/mol. The van der Waals surface area contributed by atoms with Gasteiger partial charge in [0.25, 0.3) is 0 Å². The van der Waals surface area contributed by atoms with Crippen LogP contribution >= 0.6 is 23.2 Å². The van der Waals surface area contributed by atoms with Gasteiger partial charge in [0.15, 0.2) is 5.78 Å². The summed E-state index contributed by atoms with van der Waals surface area (Å²) >= 11 is 11.1. The molecule has 0 radical (unpaired) electrons. The van der Waals surface area contributed by atoms with Crippen LogP contribution in [0.4, 0.5) is 0 Å². The fourth-order valence-electron chi connectivity index (χ4n) is 1.07. The number of unbranched alkanes of at least 4 members (excludes halogenated alkanes) is 1. The Labute approximate surface area is 93.2 Å². The van der Waals surface area contributed by atoms with Crippen LogP contribution in [0.15, 0.2) is 18.3 Å². The van der Waals surface area contributed by atoms with Crippen LogP contribution in [0.5, 0.6) is 0 Å². The Bertz CT molecular complexity index is 297. The normalized spacial score (nSPS) is 10.1. The molecule has 76 valence electrons. The fourth-order valence-corrected chi connectivity index (χ4v) is 1.37. The van der Waals surface area contributed by atoms with E-state index < -0.39 is 0 Å². The zero-order valence-electron chi connectivity index (χ0n) is 7.67. The van der Waals surface area contributed by atoms with Crippen LogP contribution in [0.3, 0.4) is 0 Å². The van der Waals surface area contributed by atoms with E-state index in [2.05, 4.69) is 4.98 Å². The minimum absolute atomic E-state index is 0.0966. The number of halogens is 2. The summed E-state index contributed by atoms with van der Waals surface area (Å²) in [4.78, 5) is 15.4. The van der Waals surface area contributed by atoms with Crippen molar-refractivity contribution in [3.63, 3.8) is 0 Å². The van der Waals surface area contributed by atoms with Crippen LogP contribution in [0.1, 0.15) is 29.6 Å². The maximum Gasteiger partial charge on any atom is 0.164 e. The van der Waals surface area contributed by atoms with E-state index in [1.807, 2.05) is 0 Å². The van der Waals surface area contributed by atoms with E-state index in [1.54, 1.807) is 12.1 Å². The van der Waals surface area contributed by atoms with Gasteiger partial charge in [0.1, 0.15) is 5.15 Å². The maximum atomic E-state index is 11.5. The highest BCUT2D eigenvalue weighted by Gasteiger charge is 2.05. The number of Topliss-reactive ketones (excluding diaryl/α,β-unsaturated/α-hetero) is 1. The van der Waals surface area contributed by atoms with Crippen LogP contribution in [-0.2, 0) is 0 Å². The van der Waals surface area contributed by atoms with Crippen molar-refractivity contribution in [3.05, 3.63) is 29.0 Å². The van der Waals surface area contributed by atoms with Crippen LogP contribution in [0.2, 0.25) is 5.15 Å². The van der Waals surface area contributed by atoms with E-state index in [1.165, 1.54) is 6.20 Å². The molecule has 1 rings (SSSR count). The molecule has 0 spiro atoms. The lowest BCUT2D eigenvalue weighted by Crippen LogP contribution is -1.99. The van der Waals surface area contributed by atoms with Gasteiger partial charge in [-0.3, -0.25) is 4.79 Å². The molecular weight excluding hydrogens is 221 g/mol. The fraction of sp³-hybridized carbons (Fsp3) is 0.400. The lowest BCUT2D eigenvalue weighted by atomic mass is 10.1. The number of carbonyl (C=O) groups is 1. The van der Waals surface area contributed by atoms with Crippen molar-refractivity contribution in [2.24, 2.45) is 0 Å². The Morgan fingerprint density at radius 2 is 2.14 bits per heavy atom. The standard InChI is InChI=1S/C10H11Cl2NO/c11-6-2-1-3-9(14)8-4-5-10(12)13-7-8/h4-5,7H,1-3,6H2. The molecule has 0 fully saturated rings. The van der Waals surface area contributed by atoms with Crippen LogP contribution < -0.4 is 0 Å². The Balaban J connectivity index is 2.48.